The molecule has 2 aromatic heterocycles. The van der Waals surface area contributed by atoms with E-state index in [2.05, 4.69) is 336 Å². The van der Waals surface area contributed by atoms with Crippen LogP contribution < -0.4 is 55.6 Å². The summed E-state index contributed by atoms with van der Waals surface area (Å²) in [7, 11) is 0. The molecule has 0 bridgehead atoms. The van der Waals surface area contributed by atoms with E-state index in [9.17, 15) is 0 Å². The first-order chi connectivity index (χ1) is 51.0. The van der Waals surface area contributed by atoms with Crippen molar-refractivity contribution in [1.82, 2.24) is 0 Å². The first-order valence-corrected chi connectivity index (χ1v) is 40.4. The summed E-state index contributed by atoms with van der Waals surface area (Å²) >= 11 is 6.18. The molecule has 514 valence electrons. The van der Waals surface area contributed by atoms with Crippen LogP contribution in [0.25, 0.3) is 32.3 Å². The Balaban J connectivity index is 0.655. The van der Waals surface area contributed by atoms with Crippen molar-refractivity contribution in [3.05, 3.63) is 280 Å². The minimum atomic E-state index is -0.140. The molecule has 1 unspecified atom stereocenters. The van der Waals surface area contributed by atoms with E-state index in [0.717, 1.165) is 82.8 Å². The second-order valence-corrected chi connectivity index (χ2v) is 36.4. The van der Waals surface area contributed by atoms with Gasteiger partial charge in [-0.2, -0.15) is 22.7 Å². The molecule has 0 spiro atoms. The number of anilines is 9. The highest BCUT2D eigenvalue weighted by Gasteiger charge is 2.48. The Kier molecular flexibility index (Phi) is 15.1. The van der Waals surface area contributed by atoms with Gasteiger partial charge in [0.15, 0.2) is 0 Å². The van der Waals surface area contributed by atoms with Crippen LogP contribution in [0.2, 0.25) is 0 Å². The van der Waals surface area contributed by atoms with Crippen LogP contribution in [0.1, 0.15) is 137 Å². The number of aryl methyl sites for hydroxylation is 3. The summed E-state index contributed by atoms with van der Waals surface area (Å²) in [5, 5.41) is 7.36. The average molecular weight is 1420 g/mol. The maximum Gasteiger partial charge on any atom is 0.268 e. The normalized spacial score (nSPS) is 15.4. The summed E-state index contributed by atoms with van der Waals surface area (Å²) in [6, 6.07) is 89.5. The second kappa shape index (κ2) is 24.4. The number of nitrogens with zero attached hydrogens (tertiary/aromatic N) is 3. The largest absolute Gasteiger partial charge is 0.458 e. The molecule has 0 amide bonds. The summed E-state index contributed by atoms with van der Waals surface area (Å²) in [6.45, 7) is 21.2. The molecule has 0 N–H and O–H groups in total. The Bertz CT molecular complexity index is 5900. The Morgan fingerprint density at radius 3 is 1.60 bits per heavy atom. The SMILES string of the molecule is Cc1cc2c3c(c1)N(c1cccc4ccccc14)c1c(sc4c1CCCC4)B3c1ccc(N(c3ccc(C(C)(C)CC4CCCc5sc6c(c54)Sc4cc(C(C)(C)C)cc5c4B6c4ccc(N(c6ccc(C(C)(C)C)cc6)c6cccc7ccccc67)cc4O5)cc3)c3cccc4ccccc34)cc1O2. The van der Waals surface area contributed by atoms with Crippen LogP contribution in [0.3, 0.4) is 0 Å². The smallest absolute Gasteiger partial charge is 0.268 e. The summed E-state index contributed by atoms with van der Waals surface area (Å²) < 4.78 is 17.7. The summed E-state index contributed by atoms with van der Waals surface area (Å²) in [4.78, 5) is 13.5. The Hall–Kier alpha value is -9.70. The lowest BCUT2D eigenvalue weighted by Crippen LogP contribution is -2.58. The van der Waals surface area contributed by atoms with E-state index in [4.69, 9.17) is 9.47 Å². The first kappa shape index (κ1) is 64.9. The van der Waals surface area contributed by atoms with E-state index in [-0.39, 0.29) is 29.7 Å². The summed E-state index contributed by atoms with van der Waals surface area (Å²) in [6.07, 6.45) is 9.21. The van der Waals surface area contributed by atoms with E-state index in [1.807, 2.05) is 11.8 Å². The van der Waals surface area contributed by atoms with Crippen LogP contribution >= 0.6 is 34.4 Å². The summed E-state index contributed by atoms with van der Waals surface area (Å²) in [5.74, 6) is 4.20. The fourth-order valence-electron chi connectivity index (χ4n) is 18.6. The molecular weight excluding hydrogens is 1330 g/mol. The highest BCUT2D eigenvalue weighted by atomic mass is 32.2. The van der Waals surface area contributed by atoms with Gasteiger partial charge in [-0.3, -0.25) is 0 Å². The van der Waals surface area contributed by atoms with Crippen LogP contribution in [0.5, 0.6) is 23.0 Å². The van der Waals surface area contributed by atoms with Gasteiger partial charge < -0.3 is 24.2 Å². The van der Waals surface area contributed by atoms with Gasteiger partial charge in [0.05, 0.1) is 22.7 Å². The van der Waals surface area contributed by atoms with E-state index >= 15 is 0 Å². The van der Waals surface area contributed by atoms with Crippen molar-refractivity contribution in [2.75, 3.05) is 14.7 Å². The molecule has 105 heavy (non-hydrogen) atoms. The number of hydrogen-bond donors (Lipinski definition) is 0. The molecule has 12 aromatic carbocycles. The minimum absolute atomic E-state index is 0.0309. The van der Waals surface area contributed by atoms with E-state index in [1.54, 1.807) is 15.3 Å². The van der Waals surface area contributed by atoms with Crippen molar-refractivity contribution in [2.45, 2.75) is 146 Å². The lowest BCUT2D eigenvalue weighted by atomic mass is 9.37. The van der Waals surface area contributed by atoms with Gasteiger partial charge in [-0.1, -0.05) is 213 Å². The molecule has 1 atom stereocenters. The molecule has 10 heteroatoms. The number of fused-ring (bicyclic) bond motifs is 15. The van der Waals surface area contributed by atoms with Crippen molar-refractivity contribution < 1.29 is 9.47 Å². The van der Waals surface area contributed by atoms with Crippen molar-refractivity contribution in [3.63, 3.8) is 0 Å². The zero-order valence-corrected chi connectivity index (χ0v) is 63.7. The Morgan fingerprint density at radius 2 is 0.971 bits per heavy atom. The third kappa shape index (κ3) is 10.6. The lowest BCUT2D eigenvalue weighted by molar-refractivity contribution is 0.391. The third-order valence-electron chi connectivity index (χ3n) is 23.8. The zero-order chi connectivity index (χ0) is 70.9. The predicted molar refractivity (Wildman–Crippen MR) is 450 cm³/mol. The number of thiophene rings is 2. The van der Waals surface area contributed by atoms with Crippen LogP contribution in [0.15, 0.2) is 246 Å². The maximum atomic E-state index is 7.41. The molecule has 0 saturated heterocycles. The van der Waals surface area contributed by atoms with Crippen LogP contribution in [0.4, 0.5) is 51.2 Å². The second-order valence-electron chi connectivity index (χ2n) is 33.0. The fourth-order valence-corrected chi connectivity index (χ4v) is 23.2. The third-order valence-corrected chi connectivity index (χ3v) is 27.8. The minimum Gasteiger partial charge on any atom is -0.458 e. The van der Waals surface area contributed by atoms with Crippen molar-refractivity contribution in [3.8, 4) is 23.0 Å². The summed E-state index contributed by atoms with van der Waals surface area (Å²) in [5.41, 5.74) is 23.7. The molecule has 20 rings (SSSR count). The first-order valence-electron chi connectivity index (χ1n) is 37.9. The van der Waals surface area contributed by atoms with Crippen molar-refractivity contribution >= 4 is 163 Å². The molecule has 4 aliphatic heterocycles. The van der Waals surface area contributed by atoms with Crippen molar-refractivity contribution in [2.24, 2.45) is 0 Å². The van der Waals surface area contributed by atoms with Gasteiger partial charge in [0.25, 0.3) is 13.4 Å². The Labute approximate surface area is 630 Å². The molecule has 6 heterocycles. The van der Waals surface area contributed by atoms with Gasteiger partial charge in [-0.15, -0.1) is 0 Å². The molecular formula is C95H83B2N3O2S3. The Morgan fingerprint density at radius 1 is 0.448 bits per heavy atom. The van der Waals surface area contributed by atoms with E-state index in [0.29, 0.717) is 5.92 Å². The molecule has 0 saturated carbocycles. The van der Waals surface area contributed by atoms with Gasteiger partial charge in [0.2, 0.25) is 0 Å². The van der Waals surface area contributed by atoms with Crippen molar-refractivity contribution in [1.29, 1.82) is 0 Å². The van der Waals surface area contributed by atoms with E-state index < -0.39 is 0 Å². The molecule has 0 fully saturated rings. The average Bonchev–Trinajstić information content (AvgIpc) is 1.64. The van der Waals surface area contributed by atoms with Gasteiger partial charge in [-0.25, -0.2) is 0 Å². The van der Waals surface area contributed by atoms with Gasteiger partial charge >= 0.3 is 0 Å². The molecule has 2 aliphatic carbocycles. The predicted octanol–water partition coefficient (Wildman–Crippen LogP) is 23.3. The maximum absolute atomic E-state index is 7.41. The number of benzene rings is 12. The zero-order valence-electron chi connectivity index (χ0n) is 61.3. The molecule has 6 aliphatic rings. The molecule has 14 aromatic rings. The monoisotopic (exact) mass is 1420 g/mol. The highest BCUT2D eigenvalue weighted by Crippen LogP contribution is 2.54. The van der Waals surface area contributed by atoms with E-state index in [1.165, 1.54) is 144 Å². The molecule has 0 radical (unpaired) electrons. The number of hydrogen-bond acceptors (Lipinski definition) is 8. The fraction of sp³-hybridized carbons (Fsp3) is 0.221. The van der Waals surface area contributed by atoms with Gasteiger partial charge in [0.1, 0.15) is 23.0 Å². The van der Waals surface area contributed by atoms with Gasteiger partial charge in [-0.05, 0) is 235 Å². The molecule has 5 nitrogen and oxygen atoms in total. The topological polar surface area (TPSA) is 28.2 Å². The van der Waals surface area contributed by atoms with Crippen LogP contribution in [-0.2, 0) is 35.5 Å². The number of rotatable bonds is 10. The lowest BCUT2D eigenvalue weighted by Gasteiger charge is -2.40. The highest BCUT2D eigenvalue weighted by molar-refractivity contribution is 8.00. The van der Waals surface area contributed by atoms with Crippen LogP contribution in [-0.4, -0.2) is 13.4 Å². The number of ether oxygens (including phenoxy) is 2. The van der Waals surface area contributed by atoms with Crippen LogP contribution in [0, 0.1) is 6.92 Å². The standard InChI is InChI=1S/C95H83B2N3O2S3/c1-57-50-78-87-81(51-57)101-79-54-67(46-48-73(79)96(87)91-89(72-32-16-17-36-83(72)104-91)100(78)77-35-20-27-60-24-12-15-31-71(60)77)99(76-34-19-26-59-23-11-14-30-70(59)76)66-44-40-63(41-45-66)95(8,9)56-61-28-21-37-84-86(61)90-92(105-84)97-74-49-47-68(55-80(74)102-82-52-64(94(5,6)7)53-85(103-90)88(82)97)98(65-42-38-62(39-43-65)93(2,3)4)75-33-18-25-58-22-10-13-29-69(58)75/h10-15,18-20,22-27,29-31,33-35,38-55,61H,16-17,21,28,32,36-37,56H2,1-9H3. The van der Waals surface area contributed by atoms with Gasteiger partial charge in [0, 0.05) is 81.1 Å². The quantitative estimate of drug-likeness (QED) is 0.127.